The third-order valence-electron chi connectivity index (χ3n) is 4.93. The summed E-state index contributed by atoms with van der Waals surface area (Å²) < 4.78 is 18.3. The number of piperazine rings is 1. The number of carbonyl (C=O) groups excluding carboxylic acids is 3. The van der Waals surface area contributed by atoms with Crippen LogP contribution in [-0.4, -0.2) is 58.7 Å². The van der Waals surface area contributed by atoms with Gasteiger partial charge in [-0.05, 0) is 30.3 Å². The van der Waals surface area contributed by atoms with Crippen LogP contribution in [0.25, 0.3) is 0 Å². The van der Waals surface area contributed by atoms with E-state index in [4.69, 9.17) is 16.0 Å². The summed E-state index contributed by atoms with van der Waals surface area (Å²) in [5.41, 5.74) is 0.783. The van der Waals surface area contributed by atoms with Crippen molar-refractivity contribution in [2.75, 3.05) is 31.5 Å². The molecule has 0 saturated carbocycles. The largest absolute Gasteiger partial charge is 0.459 e. The van der Waals surface area contributed by atoms with Crippen molar-refractivity contribution in [3.05, 3.63) is 69.8 Å². The van der Waals surface area contributed by atoms with Crippen LogP contribution in [0.1, 0.15) is 26.6 Å². The Morgan fingerprint density at radius 1 is 1.16 bits per heavy atom. The zero-order valence-electron chi connectivity index (χ0n) is 16.7. The number of hydrogen-bond donors (Lipinski definition) is 1. The summed E-state index contributed by atoms with van der Waals surface area (Å²) in [5.74, 6) is -1.16. The third kappa shape index (κ3) is 4.97. The van der Waals surface area contributed by atoms with Crippen molar-refractivity contribution in [1.82, 2.24) is 14.8 Å². The van der Waals surface area contributed by atoms with Crippen molar-refractivity contribution in [3.8, 4) is 0 Å². The summed E-state index contributed by atoms with van der Waals surface area (Å²) in [6.07, 6.45) is 1.49. The normalized spacial score (nSPS) is 13.8. The fraction of sp³-hybridized carbons (Fsp3) is 0.238. The molecule has 4 rings (SSSR count). The molecule has 1 aromatic carbocycles. The molecule has 3 heterocycles. The van der Waals surface area contributed by atoms with Gasteiger partial charge in [0, 0.05) is 31.6 Å². The minimum absolute atomic E-state index is 0.0620. The zero-order valence-corrected chi connectivity index (χ0v) is 18.3. The number of amides is 3. The molecular weight excluding hydrogens is 459 g/mol. The first-order chi connectivity index (χ1) is 15.4. The number of anilines is 1. The van der Waals surface area contributed by atoms with Gasteiger partial charge in [0.2, 0.25) is 5.91 Å². The van der Waals surface area contributed by atoms with E-state index in [0.29, 0.717) is 37.0 Å². The van der Waals surface area contributed by atoms with E-state index in [2.05, 4.69) is 10.3 Å². The van der Waals surface area contributed by atoms with E-state index in [1.54, 1.807) is 27.3 Å². The van der Waals surface area contributed by atoms with Crippen LogP contribution in [0.5, 0.6) is 0 Å². The van der Waals surface area contributed by atoms with E-state index < -0.39 is 11.7 Å². The SMILES string of the molecule is O=C(Nc1nc(CC(=O)N2CCN(C(=O)c3ccc(F)cc3Cl)CC2)cs1)c1ccco1. The van der Waals surface area contributed by atoms with Crippen LogP contribution in [0, 0.1) is 5.82 Å². The Balaban J connectivity index is 1.29. The van der Waals surface area contributed by atoms with E-state index in [1.807, 2.05) is 0 Å². The number of hydrogen-bond acceptors (Lipinski definition) is 6. The number of furan rings is 1. The molecule has 0 spiro atoms. The van der Waals surface area contributed by atoms with Gasteiger partial charge in [0.1, 0.15) is 5.82 Å². The lowest BCUT2D eigenvalue weighted by Crippen LogP contribution is -2.51. The van der Waals surface area contributed by atoms with Crippen molar-refractivity contribution in [1.29, 1.82) is 0 Å². The summed E-state index contributed by atoms with van der Waals surface area (Å²) >= 11 is 7.21. The summed E-state index contributed by atoms with van der Waals surface area (Å²) in [6.45, 7) is 1.44. The second-order valence-corrected chi connectivity index (χ2v) is 8.31. The lowest BCUT2D eigenvalue weighted by atomic mass is 10.1. The predicted octanol–water partition coefficient (Wildman–Crippen LogP) is 3.31. The van der Waals surface area contributed by atoms with Gasteiger partial charge in [0.05, 0.1) is 29.0 Å². The Labute approximate surface area is 191 Å². The molecule has 3 amide bonds. The van der Waals surface area contributed by atoms with Crippen molar-refractivity contribution < 1.29 is 23.2 Å². The minimum atomic E-state index is -0.507. The Hall–Kier alpha value is -3.24. The molecule has 0 aliphatic carbocycles. The number of nitrogens with one attached hydrogen (secondary N) is 1. The number of rotatable bonds is 5. The molecule has 1 N–H and O–H groups in total. The Morgan fingerprint density at radius 2 is 1.91 bits per heavy atom. The van der Waals surface area contributed by atoms with Gasteiger partial charge in [0.15, 0.2) is 10.9 Å². The van der Waals surface area contributed by atoms with E-state index in [-0.39, 0.29) is 34.6 Å². The Morgan fingerprint density at radius 3 is 2.59 bits per heavy atom. The van der Waals surface area contributed by atoms with Gasteiger partial charge in [-0.15, -0.1) is 11.3 Å². The maximum absolute atomic E-state index is 13.2. The number of nitrogens with zero attached hydrogens (tertiary/aromatic N) is 3. The number of aromatic nitrogens is 1. The first kappa shape index (κ1) is 22.0. The molecule has 11 heteroatoms. The van der Waals surface area contributed by atoms with Gasteiger partial charge < -0.3 is 14.2 Å². The van der Waals surface area contributed by atoms with Crippen LogP contribution in [0.15, 0.2) is 46.4 Å². The lowest BCUT2D eigenvalue weighted by Gasteiger charge is -2.35. The van der Waals surface area contributed by atoms with Gasteiger partial charge in [-0.1, -0.05) is 11.6 Å². The monoisotopic (exact) mass is 476 g/mol. The van der Waals surface area contributed by atoms with Crippen molar-refractivity contribution in [3.63, 3.8) is 0 Å². The van der Waals surface area contributed by atoms with Gasteiger partial charge in [-0.2, -0.15) is 0 Å². The molecule has 0 bridgehead atoms. The molecule has 0 radical (unpaired) electrons. The molecule has 3 aromatic rings. The first-order valence-electron chi connectivity index (χ1n) is 9.72. The second kappa shape index (κ2) is 9.49. The average molecular weight is 477 g/mol. The molecule has 1 saturated heterocycles. The fourth-order valence-corrected chi connectivity index (χ4v) is 4.22. The predicted molar refractivity (Wildman–Crippen MR) is 116 cm³/mol. The van der Waals surface area contributed by atoms with Crippen LogP contribution < -0.4 is 5.32 Å². The highest BCUT2D eigenvalue weighted by Gasteiger charge is 2.26. The summed E-state index contributed by atoms with van der Waals surface area (Å²) in [5, 5.41) is 4.78. The summed E-state index contributed by atoms with van der Waals surface area (Å²) in [6, 6.07) is 6.82. The lowest BCUT2D eigenvalue weighted by molar-refractivity contribution is -0.132. The van der Waals surface area contributed by atoms with Gasteiger partial charge >= 0.3 is 0 Å². The van der Waals surface area contributed by atoms with Crippen molar-refractivity contribution >= 4 is 45.8 Å². The van der Waals surface area contributed by atoms with E-state index >= 15 is 0 Å². The molecular formula is C21H18ClFN4O4S. The zero-order chi connectivity index (χ0) is 22.7. The van der Waals surface area contributed by atoms with Gasteiger partial charge in [-0.25, -0.2) is 9.37 Å². The van der Waals surface area contributed by atoms with Crippen LogP contribution in [-0.2, 0) is 11.2 Å². The number of halogens is 2. The number of thiazole rings is 1. The maximum atomic E-state index is 13.2. The smallest absolute Gasteiger partial charge is 0.293 e. The highest BCUT2D eigenvalue weighted by Crippen LogP contribution is 2.21. The number of benzene rings is 1. The molecule has 0 atom stereocenters. The fourth-order valence-electron chi connectivity index (χ4n) is 3.27. The Kier molecular flexibility index (Phi) is 6.52. The summed E-state index contributed by atoms with van der Waals surface area (Å²) in [4.78, 5) is 44.8. The molecule has 166 valence electrons. The standard InChI is InChI=1S/C21H18ClFN4O4S/c22-16-10-13(23)3-4-15(16)20(30)27-7-5-26(6-8-27)18(28)11-14-12-32-21(24-14)25-19(29)17-2-1-9-31-17/h1-4,9-10,12H,5-8,11H2,(H,24,25,29). The molecule has 8 nitrogen and oxygen atoms in total. The van der Waals surface area contributed by atoms with Crippen LogP contribution in [0.3, 0.4) is 0 Å². The molecule has 0 unspecified atom stereocenters. The number of carbonyl (C=O) groups is 3. The first-order valence-corrected chi connectivity index (χ1v) is 11.0. The minimum Gasteiger partial charge on any atom is -0.459 e. The highest BCUT2D eigenvalue weighted by atomic mass is 35.5. The maximum Gasteiger partial charge on any atom is 0.293 e. The Bertz CT molecular complexity index is 1140. The molecule has 2 aromatic heterocycles. The van der Waals surface area contributed by atoms with Crippen molar-refractivity contribution in [2.24, 2.45) is 0 Å². The second-order valence-electron chi connectivity index (χ2n) is 7.05. The van der Waals surface area contributed by atoms with E-state index in [0.717, 1.165) is 6.07 Å². The topological polar surface area (TPSA) is 95.8 Å². The van der Waals surface area contributed by atoms with Gasteiger partial charge in [0.25, 0.3) is 11.8 Å². The average Bonchev–Trinajstić information content (AvgIpc) is 3.46. The summed E-state index contributed by atoms with van der Waals surface area (Å²) in [7, 11) is 0. The van der Waals surface area contributed by atoms with E-state index in [1.165, 1.54) is 29.7 Å². The molecule has 1 aliphatic rings. The molecule has 1 aliphatic heterocycles. The third-order valence-corrected chi connectivity index (χ3v) is 6.05. The van der Waals surface area contributed by atoms with Crippen LogP contribution in [0.2, 0.25) is 5.02 Å². The van der Waals surface area contributed by atoms with Gasteiger partial charge in [-0.3, -0.25) is 19.7 Å². The molecule has 1 fully saturated rings. The quantitative estimate of drug-likeness (QED) is 0.609. The van der Waals surface area contributed by atoms with E-state index in [9.17, 15) is 18.8 Å². The molecule has 32 heavy (non-hydrogen) atoms. The van der Waals surface area contributed by atoms with Crippen LogP contribution >= 0.6 is 22.9 Å². The van der Waals surface area contributed by atoms with Crippen molar-refractivity contribution in [2.45, 2.75) is 6.42 Å². The van der Waals surface area contributed by atoms with Crippen LogP contribution in [0.4, 0.5) is 9.52 Å². The highest BCUT2D eigenvalue weighted by molar-refractivity contribution is 7.14.